The van der Waals surface area contributed by atoms with E-state index in [0.29, 0.717) is 4.75 Å². The van der Waals surface area contributed by atoms with E-state index in [1.165, 1.54) is 25.3 Å². The first-order valence-corrected chi connectivity index (χ1v) is 7.73. The minimum atomic E-state index is 0.221. The molecule has 2 N–H and O–H groups in total. The Kier molecular flexibility index (Phi) is 4.40. The van der Waals surface area contributed by atoms with E-state index in [9.17, 15) is 0 Å². The van der Waals surface area contributed by atoms with Gasteiger partial charge in [-0.2, -0.15) is 11.8 Å². The summed E-state index contributed by atoms with van der Waals surface area (Å²) < 4.78 is 5.93. The summed E-state index contributed by atoms with van der Waals surface area (Å²) in [4.78, 5) is 2.65. The molecule has 2 heterocycles. The third-order valence-corrected chi connectivity index (χ3v) is 5.68. The quantitative estimate of drug-likeness (QED) is 0.818. The van der Waals surface area contributed by atoms with Gasteiger partial charge in [-0.25, -0.2) is 0 Å². The molecule has 100 valence electrons. The number of nitrogens with two attached hydrogens (primary N) is 1. The van der Waals surface area contributed by atoms with Crippen LogP contribution in [0.4, 0.5) is 0 Å². The second-order valence-electron chi connectivity index (χ2n) is 5.89. The SMILES string of the molecule is CC1(C)CCN(C2(CN)CCOCC2)CCS1. The van der Waals surface area contributed by atoms with Crippen LogP contribution >= 0.6 is 11.8 Å². The molecule has 0 atom stereocenters. The van der Waals surface area contributed by atoms with E-state index >= 15 is 0 Å². The van der Waals surface area contributed by atoms with Crippen molar-refractivity contribution in [2.45, 2.75) is 43.4 Å². The van der Waals surface area contributed by atoms with Gasteiger partial charge in [0.1, 0.15) is 0 Å². The lowest BCUT2D eigenvalue weighted by Gasteiger charge is -2.45. The fourth-order valence-corrected chi connectivity index (χ4v) is 4.00. The molecule has 2 aliphatic heterocycles. The summed E-state index contributed by atoms with van der Waals surface area (Å²) in [6.07, 6.45) is 3.48. The van der Waals surface area contributed by atoms with Gasteiger partial charge < -0.3 is 10.5 Å². The number of rotatable bonds is 2. The predicted octanol–water partition coefficient (Wildman–Crippen LogP) is 1.71. The molecular weight excluding hydrogens is 232 g/mol. The van der Waals surface area contributed by atoms with Crippen molar-refractivity contribution in [3.63, 3.8) is 0 Å². The van der Waals surface area contributed by atoms with Crippen molar-refractivity contribution in [2.24, 2.45) is 5.73 Å². The number of hydrogen-bond acceptors (Lipinski definition) is 4. The maximum atomic E-state index is 6.08. The first kappa shape index (κ1) is 13.7. The molecule has 0 aromatic carbocycles. The van der Waals surface area contributed by atoms with Crippen molar-refractivity contribution in [2.75, 3.05) is 38.6 Å². The Bertz CT molecular complexity index is 252. The molecular formula is C13H26N2OS. The molecule has 17 heavy (non-hydrogen) atoms. The lowest BCUT2D eigenvalue weighted by Crippen LogP contribution is -2.57. The Balaban J connectivity index is 2.04. The Hall–Kier alpha value is 0.230. The van der Waals surface area contributed by atoms with Gasteiger partial charge in [-0.15, -0.1) is 0 Å². The van der Waals surface area contributed by atoms with Gasteiger partial charge in [0.2, 0.25) is 0 Å². The van der Waals surface area contributed by atoms with Gasteiger partial charge in [-0.1, -0.05) is 13.8 Å². The fraction of sp³-hybridized carbons (Fsp3) is 1.00. The van der Waals surface area contributed by atoms with Crippen LogP contribution in [0.15, 0.2) is 0 Å². The lowest BCUT2D eigenvalue weighted by atomic mass is 9.87. The Labute approximate surface area is 109 Å². The van der Waals surface area contributed by atoms with Gasteiger partial charge in [0, 0.05) is 48.9 Å². The third kappa shape index (κ3) is 3.16. The normalized spacial score (nSPS) is 29.8. The molecule has 0 spiro atoms. The summed E-state index contributed by atoms with van der Waals surface area (Å²) in [6.45, 7) is 9.64. The van der Waals surface area contributed by atoms with Crippen molar-refractivity contribution in [1.82, 2.24) is 4.90 Å². The molecule has 0 unspecified atom stereocenters. The van der Waals surface area contributed by atoms with Crippen molar-refractivity contribution < 1.29 is 4.74 Å². The van der Waals surface area contributed by atoms with Gasteiger partial charge >= 0.3 is 0 Å². The summed E-state index contributed by atoms with van der Waals surface area (Å²) in [7, 11) is 0. The molecule has 0 aromatic heterocycles. The van der Waals surface area contributed by atoms with Crippen LogP contribution in [0.3, 0.4) is 0 Å². The first-order valence-electron chi connectivity index (χ1n) is 6.75. The van der Waals surface area contributed by atoms with Gasteiger partial charge in [0.25, 0.3) is 0 Å². The summed E-state index contributed by atoms with van der Waals surface area (Å²) >= 11 is 2.10. The zero-order valence-electron chi connectivity index (χ0n) is 11.2. The number of nitrogens with zero attached hydrogens (tertiary/aromatic N) is 1. The zero-order chi connectivity index (χ0) is 12.4. The van der Waals surface area contributed by atoms with E-state index in [1.807, 2.05) is 0 Å². The molecule has 0 radical (unpaired) electrons. The summed E-state index contributed by atoms with van der Waals surface area (Å²) in [5.41, 5.74) is 6.31. The van der Waals surface area contributed by atoms with Gasteiger partial charge in [0.15, 0.2) is 0 Å². The van der Waals surface area contributed by atoms with Crippen LogP contribution in [0.2, 0.25) is 0 Å². The van der Waals surface area contributed by atoms with E-state index in [2.05, 4.69) is 30.5 Å². The van der Waals surface area contributed by atoms with Crippen molar-refractivity contribution in [3.05, 3.63) is 0 Å². The maximum Gasteiger partial charge on any atom is 0.0484 e. The Morgan fingerprint density at radius 1 is 1.18 bits per heavy atom. The van der Waals surface area contributed by atoms with Crippen molar-refractivity contribution >= 4 is 11.8 Å². The zero-order valence-corrected chi connectivity index (χ0v) is 12.0. The highest BCUT2D eigenvalue weighted by molar-refractivity contribution is 8.00. The summed E-state index contributed by atoms with van der Waals surface area (Å²) in [5, 5.41) is 0. The number of thioether (sulfide) groups is 1. The topological polar surface area (TPSA) is 38.5 Å². The highest BCUT2D eigenvalue weighted by Gasteiger charge is 2.39. The van der Waals surface area contributed by atoms with E-state index in [4.69, 9.17) is 10.5 Å². The Morgan fingerprint density at radius 2 is 1.88 bits per heavy atom. The van der Waals surface area contributed by atoms with Crippen LogP contribution in [0, 0.1) is 0 Å². The number of hydrogen-bond donors (Lipinski definition) is 1. The third-order valence-electron chi connectivity index (χ3n) is 4.31. The van der Waals surface area contributed by atoms with Crippen LogP contribution in [0.5, 0.6) is 0 Å². The van der Waals surface area contributed by atoms with Crippen molar-refractivity contribution in [3.8, 4) is 0 Å². The molecule has 0 aliphatic carbocycles. The molecule has 0 bridgehead atoms. The van der Waals surface area contributed by atoms with Crippen LogP contribution in [0.25, 0.3) is 0 Å². The monoisotopic (exact) mass is 258 g/mol. The molecule has 0 aromatic rings. The fourth-order valence-electron chi connectivity index (χ4n) is 2.90. The van der Waals surface area contributed by atoms with Crippen LogP contribution in [0.1, 0.15) is 33.1 Å². The molecule has 2 aliphatic rings. The smallest absolute Gasteiger partial charge is 0.0484 e. The maximum absolute atomic E-state index is 6.08. The van der Waals surface area contributed by atoms with Crippen LogP contribution < -0.4 is 5.73 Å². The minimum absolute atomic E-state index is 0.221. The summed E-state index contributed by atoms with van der Waals surface area (Å²) in [5.74, 6) is 1.23. The van der Waals surface area contributed by atoms with Crippen LogP contribution in [-0.2, 0) is 4.74 Å². The highest BCUT2D eigenvalue weighted by atomic mass is 32.2. The molecule has 2 fully saturated rings. The highest BCUT2D eigenvalue weighted by Crippen LogP contribution is 2.35. The standard InChI is InChI=1S/C13H26N2OS/c1-12(2)3-6-15(7-10-17-12)13(11-14)4-8-16-9-5-13/h3-11,14H2,1-2H3. The molecule has 0 saturated carbocycles. The van der Waals surface area contributed by atoms with Crippen LogP contribution in [-0.4, -0.2) is 53.8 Å². The molecule has 2 saturated heterocycles. The second kappa shape index (κ2) is 5.47. The summed E-state index contributed by atoms with van der Waals surface area (Å²) in [6, 6.07) is 0. The first-order chi connectivity index (χ1) is 8.08. The molecule has 3 nitrogen and oxygen atoms in total. The lowest BCUT2D eigenvalue weighted by molar-refractivity contribution is -0.0219. The van der Waals surface area contributed by atoms with Gasteiger partial charge in [0.05, 0.1) is 0 Å². The Morgan fingerprint density at radius 3 is 2.53 bits per heavy atom. The van der Waals surface area contributed by atoms with Gasteiger partial charge in [-0.05, 0) is 19.3 Å². The van der Waals surface area contributed by atoms with Crippen molar-refractivity contribution in [1.29, 1.82) is 0 Å². The molecule has 2 rings (SSSR count). The molecule has 4 heteroatoms. The van der Waals surface area contributed by atoms with E-state index < -0.39 is 0 Å². The predicted molar refractivity (Wildman–Crippen MR) is 74.6 cm³/mol. The number of ether oxygens (including phenoxy) is 1. The largest absolute Gasteiger partial charge is 0.381 e. The second-order valence-corrected chi connectivity index (χ2v) is 7.69. The van der Waals surface area contributed by atoms with E-state index in [0.717, 1.165) is 32.6 Å². The average Bonchev–Trinajstić information content (AvgIpc) is 2.51. The average molecular weight is 258 g/mol. The van der Waals surface area contributed by atoms with E-state index in [-0.39, 0.29) is 5.54 Å². The van der Waals surface area contributed by atoms with E-state index in [1.54, 1.807) is 0 Å². The minimum Gasteiger partial charge on any atom is -0.381 e. The molecule has 0 amide bonds. The van der Waals surface area contributed by atoms with Gasteiger partial charge in [-0.3, -0.25) is 4.90 Å².